The molecule has 0 aromatic heterocycles. The van der Waals surface area contributed by atoms with E-state index in [2.05, 4.69) is 11.7 Å². The topological polar surface area (TPSA) is 78.6 Å². The molecular weight excluding hydrogens is 234 g/mol. The summed E-state index contributed by atoms with van der Waals surface area (Å²) in [6.45, 7) is 2.33. The van der Waals surface area contributed by atoms with Gasteiger partial charge < -0.3 is 15.2 Å². The van der Waals surface area contributed by atoms with E-state index in [-0.39, 0.29) is 0 Å². The zero-order chi connectivity index (χ0) is 13.4. The first-order chi connectivity index (χ1) is 8.63. The van der Waals surface area contributed by atoms with Crippen molar-refractivity contribution in [1.82, 2.24) is 0 Å². The minimum atomic E-state index is -0.678. The number of amides is 1. The molecule has 0 heterocycles. The smallest absolute Gasteiger partial charge is 0.338 e. The number of carbonyl (C=O) groups is 2. The van der Waals surface area contributed by atoms with Crippen molar-refractivity contribution in [2.24, 2.45) is 5.73 Å². The van der Waals surface area contributed by atoms with Crippen LogP contribution in [0.25, 0.3) is 0 Å². The van der Waals surface area contributed by atoms with Gasteiger partial charge in [-0.2, -0.15) is 0 Å². The highest BCUT2D eigenvalue weighted by Crippen LogP contribution is 2.13. The average Bonchev–Trinajstić information content (AvgIpc) is 2.37. The molecule has 5 heteroatoms. The van der Waals surface area contributed by atoms with E-state index < -0.39 is 18.5 Å². The van der Waals surface area contributed by atoms with Gasteiger partial charge in [0.25, 0.3) is 5.91 Å². The highest BCUT2D eigenvalue weighted by molar-refractivity contribution is 5.91. The molecule has 0 saturated heterocycles. The van der Waals surface area contributed by atoms with E-state index in [4.69, 9.17) is 10.5 Å². The van der Waals surface area contributed by atoms with Crippen LogP contribution in [0.2, 0.25) is 0 Å². The summed E-state index contributed by atoms with van der Waals surface area (Å²) in [4.78, 5) is 21.9. The van der Waals surface area contributed by atoms with Crippen molar-refractivity contribution in [2.45, 2.75) is 19.8 Å². The van der Waals surface area contributed by atoms with Crippen LogP contribution in [0.1, 0.15) is 30.1 Å². The molecule has 5 nitrogen and oxygen atoms in total. The SMILES string of the molecule is CCCCOc1ccc(C(=O)OCC(N)=O)cc1. The van der Waals surface area contributed by atoms with Crippen molar-refractivity contribution >= 4 is 11.9 Å². The van der Waals surface area contributed by atoms with Crippen LogP contribution in [0.4, 0.5) is 0 Å². The van der Waals surface area contributed by atoms with Crippen LogP contribution in [-0.4, -0.2) is 25.1 Å². The number of esters is 1. The van der Waals surface area contributed by atoms with Crippen LogP contribution >= 0.6 is 0 Å². The Bertz CT molecular complexity index is 400. The summed E-state index contributed by atoms with van der Waals surface area (Å²) in [7, 11) is 0. The third-order valence-corrected chi connectivity index (χ3v) is 2.20. The maximum absolute atomic E-state index is 11.4. The average molecular weight is 251 g/mol. The molecule has 0 bridgehead atoms. The molecule has 0 aliphatic rings. The van der Waals surface area contributed by atoms with Gasteiger partial charge in [-0.05, 0) is 30.7 Å². The summed E-state index contributed by atoms with van der Waals surface area (Å²) in [5.41, 5.74) is 5.24. The molecule has 98 valence electrons. The van der Waals surface area contributed by atoms with E-state index >= 15 is 0 Å². The lowest BCUT2D eigenvalue weighted by atomic mass is 10.2. The van der Waals surface area contributed by atoms with Crippen LogP contribution < -0.4 is 10.5 Å². The number of unbranched alkanes of at least 4 members (excludes halogenated alkanes) is 1. The van der Waals surface area contributed by atoms with E-state index in [1.165, 1.54) is 0 Å². The molecule has 0 aliphatic heterocycles. The van der Waals surface area contributed by atoms with Crippen LogP contribution in [-0.2, 0) is 9.53 Å². The van der Waals surface area contributed by atoms with Gasteiger partial charge in [-0.25, -0.2) is 4.79 Å². The summed E-state index contributed by atoms with van der Waals surface area (Å²) < 4.78 is 10.1. The molecule has 0 unspecified atom stereocenters. The lowest BCUT2D eigenvalue weighted by molar-refractivity contribution is -0.121. The molecule has 0 fully saturated rings. The van der Waals surface area contributed by atoms with E-state index in [1.807, 2.05) is 0 Å². The van der Waals surface area contributed by atoms with E-state index in [1.54, 1.807) is 24.3 Å². The first-order valence-corrected chi connectivity index (χ1v) is 5.81. The molecule has 0 spiro atoms. The van der Waals surface area contributed by atoms with Gasteiger partial charge in [0, 0.05) is 0 Å². The quantitative estimate of drug-likeness (QED) is 0.588. The largest absolute Gasteiger partial charge is 0.494 e. The third-order valence-electron chi connectivity index (χ3n) is 2.20. The summed E-state index contributed by atoms with van der Waals surface area (Å²) in [6, 6.07) is 6.56. The maximum atomic E-state index is 11.4. The van der Waals surface area contributed by atoms with Crippen molar-refractivity contribution in [3.63, 3.8) is 0 Å². The number of hydrogen-bond acceptors (Lipinski definition) is 4. The maximum Gasteiger partial charge on any atom is 0.338 e. The Morgan fingerprint density at radius 3 is 2.44 bits per heavy atom. The number of hydrogen-bond donors (Lipinski definition) is 1. The third kappa shape index (κ3) is 4.86. The summed E-state index contributed by atoms with van der Waals surface area (Å²) in [5, 5.41) is 0. The number of carbonyl (C=O) groups excluding carboxylic acids is 2. The Kier molecular flexibility index (Phi) is 5.70. The Hall–Kier alpha value is -2.04. The van der Waals surface area contributed by atoms with Gasteiger partial charge in [0.1, 0.15) is 5.75 Å². The summed E-state index contributed by atoms with van der Waals surface area (Å²) in [5.74, 6) is -0.549. The Labute approximate surface area is 106 Å². The second kappa shape index (κ2) is 7.32. The first-order valence-electron chi connectivity index (χ1n) is 5.81. The molecule has 1 rings (SSSR count). The fraction of sp³-hybridized carbons (Fsp3) is 0.385. The van der Waals surface area contributed by atoms with Gasteiger partial charge in [-0.3, -0.25) is 4.79 Å². The minimum Gasteiger partial charge on any atom is -0.494 e. The molecule has 0 atom stereocenters. The van der Waals surface area contributed by atoms with Crippen molar-refractivity contribution in [3.05, 3.63) is 29.8 Å². The Morgan fingerprint density at radius 1 is 1.22 bits per heavy atom. The molecule has 1 aromatic rings. The fourth-order valence-corrected chi connectivity index (χ4v) is 1.24. The van der Waals surface area contributed by atoms with E-state index in [9.17, 15) is 9.59 Å². The van der Waals surface area contributed by atoms with Gasteiger partial charge in [-0.15, -0.1) is 0 Å². The number of nitrogens with two attached hydrogens (primary N) is 1. The Morgan fingerprint density at radius 2 is 1.89 bits per heavy atom. The van der Waals surface area contributed by atoms with Gasteiger partial charge in [0.05, 0.1) is 12.2 Å². The van der Waals surface area contributed by atoms with Crippen molar-refractivity contribution in [2.75, 3.05) is 13.2 Å². The monoisotopic (exact) mass is 251 g/mol. The second-order valence-corrected chi connectivity index (χ2v) is 3.77. The van der Waals surface area contributed by atoms with Crippen molar-refractivity contribution < 1.29 is 19.1 Å². The van der Waals surface area contributed by atoms with Gasteiger partial charge in [0.2, 0.25) is 0 Å². The standard InChI is InChI=1S/C13H17NO4/c1-2-3-8-17-11-6-4-10(5-7-11)13(16)18-9-12(14)15/h4-7H,2-3,8-9H2,1H3,(H2,14,15). The molecule has 0 saturated carbocycles. The normalized spacial score (nSPS) is 9.83. The van der Waals surface area contributed by atoms with Gasteiger partial charge in [-0.1, -0.05) is 13.3 Å². The van der Waals surface area contributed by atoms with Crippen LogP contribution in [0.15, 0.2) is 24.3 Å². The van der Waals surface area contributed by atoms with Crippen LogP contribution in [0, 0.1) is 0 Å². The lowest BCUT2D eigenvalue weighted by Crippen LogP contribution is -2.20. The molecule has 18 heavy (non-hydrogen) atoms. The summed E-state index contributed by atoms with van der Waals surface area (Å²) >= 11 is 0. The minimum absolute atomic E-state index is 0.360. The number of benzene rings is 1. The van der Waals surface area contributed by atoms with Crippen LogP contribution in [0.3, 0.4) is 0 Å². The lowest BCUT2D eigenvalue weighted by Gasteiger charge is -2.06. The van der Waals surface area contributed by atoms with E-state index in [0.29, 0.717) is 17.9 Å². The van der Waals surface area contributed by atoms with Crippen molar-refractivity contribution in [3.8, 4) is 5.75 Å². The molecule has 0 radical (unpaired) electrons. The second-order valence-electron chi connectivity index (χ2n) is 3.77. The molecule has 0 aliphatic carbocycles. The Balaban J connectivity index is 2.48. The number of ether oxygens (including phenoxy) is 2. The van der Waals surface area contributed by atoms with Crippen molar-refractivity contribution in [1.29, 1.82) is 0 Å². The zero-order valence-corrected chi connectivity index (χ0v) is 10.3. The van der Waals surface area contributed by atoms with Gasteiger partial charge in [0.15, 0.2) is 6.61 Å². The predicted molar refractivity (Wildman–Crippen MR) is 66.3 cm³/mol. The number of primary amides is 1. The summed E-state index contributed by atoms with van der Waals surface area (Å²) in [6.07, 6.45) is 2.06. The molecular formula is C13H17NO4. The van der Waals surface area contributed by atoms with E-state index in [0.717, 1.165) is 12.8 Å². The van der Waals surface area contributed by atoms with Gasteiger partial charge >= 0.3 is 5.97 Å². The number of rotatable bonds is 7. The first kappa shape index (κ1) is 14.0. The molecule has 2 N–H and O–H groups in total. The highest BCUT2D eigenvalue weighted by atomic mass is 16.5. The predicted octanol–water partition coefficient (Wildman–Crippen LogP) is 1.51. The molecule has 1 aromatic carbocycles. The zero-order valence-electron chi connectivity index (χ0n) is 10.3. The fourth-order valence-electron chi connectivity index (χ4n) is 1.24. The molecule has 1 amide bonds. The highest BCUT2D eigenvalue weighted by Gasteiger charge is 2.08. The van der Waals surface area contributed by atoms with Crippen LogP contribution in [0.5, 0.6) is 5.75 Å².